The molecule has 0 radical (unpaired) electrons. The monoisotopic (exact) mass is 368 g/mol. The van der Waals surface area contributed by atoms with Gasteiger partial charge < -0.3 is 4.57 Å². The molecule has 0 unspecified atom stereocenters. The highest BCUT2D eigenvalue weighted by molar-refractivity contribution is 7.89. The highest BCUT2D eigenvalue weighted by Gasteiger charge is 2.35. The van der Waals surface area contributed by atoms with Gasteiger partial charge in [-0.3, -0.25) is 0 Å². The van der Waals surface area contributed by atoms with Crippen molar-refractivity contribution >= 4 is 10.0 Å². The maximum Gasteiger partial charge on any atom is 0.246 e. The van der Waals surface area contributed by atoms with Gasteiger partial charge >= 0.3 is 0 Å². The normalized spacial score (nSPS) is 20.1. The zero-order chi connectivity index (χ0) is 17.6. The van der Waals surface area contributed by atoms with Crippen LogP contribution < -0.4 is 0 Å². The summed E-state index contributed by atoms with van der Waals surface area (Å²) in [6.45, 7) is 0.510. The zero-order valence-corrected chi connectivity index (χ0v) is 14.3. The maximum atomic E-state index is 13.9. The van der Waals surface area contributed by atoms with Gasteiger partial charge in [0.15, 0.2) is 0 Å². The molecule has 0 atom stereocenters. The first-order valence-corrected chi connectivity index (χ1v) is 9.75. The van der Waals surface area contributed by atoms with Gasteiger partial charge in [-0.05, 0) is 43.9 Å². The van der Waals surface area contributed by atoms with Crippen LogP contribution in [-0.4, -0.2) is 40.6 Å². The first-order valence-electron chi connectivity index (χ1n) is 8.31. The van der Waals surface area contributed by atoms with E-state index in [2.05, 4.69) is 10.2 Å². The van der Waals surface area contributed by atoms with E-state index in [0.717, 1.165) is 36.9 Å². The summed E-state index contributed by atoms with van der Waals surface area (Å²) >= 11 is 0. The number of halogens is 2. The van der Waals surface area contributed by atoms with E-state index in [9.17, 15) is 17.2 Å². The van der Waals surface area contributed by atoms with E-state index in [4.69, 9.17) is 0 Å². The van der Waals surface area contributed by atoms with Gasteiger partial charge in [0.1, 0.15) is 28.7 Å². The molecule has 6 nitrogen and oxygen atoms in total. The molecular formula is C16H18F2N4O2S. The van der Waals surface area contributed by atoms with E-state index in [1.807, 2.05) is 4.57 Å². The molecule has 0 N–H and O–H groups in total. The SMILES string of the molecule is O=S(=O)(c1cc(F)ccc1F)N1CCC(n2cnnc2C2CC2)CC1. The van der Waals surface area contributed by atoms with E-state index in [1.165, 1.54) is 4.31 Å². The summed E-state index contributed by atoms with van der Waals surface area (Å²) in [5.41, 5.74) is 0. The molecule has 0 spiro atoms. The number of nitrogens with zero attached hydrogens (tertiary/aromatic N) is 4. The van der Waals surface area contributed by atoms with Crippen molar-refractivity contribution in [1.29, 1.82) is 0 Å². The third-order valence-corrected chi connectivity index (χ3v) is 6.78. The molecule has 1 saturated carbocycles. The molecule has 2 aromatic rings. The smallest absolute Gasteiger partial charge is 0.246 e. The molecule has 1 aromatic carbocycles. The quantitative estimate of drug-likeness (QED) is 0.831. The third kappa shape index (κ3) is 3.06. The molecular weight excluding hydrogens is 350 g/mol. The lowest BCUT2D eigenvalue weighted by molar-refractivity contribution is 0.269. The van der Waals surface area contributed by atoms with E-state index in [-0.39, 0.29) is 19.1 Å². The minimum absolute atomic E-state index is 0.134. The lowest BCUT2D eigenvalue weighted by Crippen LogP contribution is -2.39. The van der Waals surface area contributed by atoms with Crippen LogP contribution in [0.15, 0.2) is 29.4 Å². The van der Waals surface area contributed by atoms with Crippen molar-refractivity contribution in [3.05, 3.63) is 42.0 Å². The van der Waals surface area contributed by atoms with Crippen molar-refractivity contribution in [2.45, 2.75) is 42.5 Å². The molecule has 2 heterocycles. The van der Waals surface area contributed by atoms with Crippen molar-refractivity contribution in [2.75, 3.05) is 13.1 Å². The molecule has 0 amide bonds. The average molecular weight is 368 g/mol. The Balaban J connectivity index is 1.51. The summed E-state index contributed by atoms with van der Waals surface area (Å²) < 4.78 is 55.8. The van der Waals surface area contributed by atoms with Crippen LogP contribution in [0.25, 0.3) is 0 Å². The summed E-state index contributed by atoms with van der Waals surface area (Å²) in [6, 6.07) is 2.62. The number of aromatic nitrogens is 3. The Morgan fingerprint density at radius 1 is 1.08 bits per heavy atom. The third-order valence-electron chi connectivity index (χ3n) is 4.87. The van der Waals surface area contributed by atoms with Gasteiger partial charge in [-0.15, -0.1) is 10.2 Å². The predicted molar refractivity (Wildman–Crippen MR) is 85.4 cm³/mol. The number of rotatable bonds is 4. The van der Waals surface area contributed by atoms with Crippen LogP contribution in [0.4, 0.5) is 8.78 Å². The van der Waals surface area contributed by atoms with Gasteiger partial charge in [0.2, 0.25) is 10.0 Å². The lowest BCUT2D eigenvalue weighted by atomic mass is 10.1. The van der Waals surface area contributed by atoms with Gasteiger partial charge in [-0.25, -0.2) is 17.2 Å². The van der Waals surface area contributed by atoms with Crippen LogP contribution in [0.2, 0.25) is 0 Å². The van der Waals surface area contributed by atoms with E-state index >= 15 is 0 Å². The minimum atomic E-state index is -4.04. The Morgan fingerprint density at radius 3 is 2.48 bits per heavy atom. The Kier molecular flexibility index (Phi) is 4.07. The number of hydrogen-bond donors (Lipinski definition) is 0. The summed E-state index contributed by atoms with van der Waals surface area (Å²) in [6.07, 6.45) is 5.12. The van der Waals surface area contributed by atoms with Crippen molar-refractivity contribution in [3.8, 4) is 0 Å². The van der Waals surface area contributed by atoms with Gasteiger partial charge in [-0.1, -0.05) is 0 Å². The fourth-order valence-corrected chi connectivity index (χ4v) is 4.89. The van der Waals surface area contributed by atoms with Crippen LogP contribution in [0, 0.1) is 11.6 Å². The summed E-state index contributed by atoms with van der Waals surface area (Å²) in [7, 11) is -4.04. The fourth-order valence-electron chi connectivity index (χ4n) is 3.34. The van der Waals surface area contributed by atoms with Crippen LogP contribution in [0.5, 0.6) is 0 Å². The maximum absolute atomic E-state index is 13.9. The summed E-state index contributed by atoms with van der Waals surface area (Å²) in [5, 5.41) is 8.17. The molecule has 1 aliphatic carbocycles. The zero-order valence-electron chi connectivity index (χ0n) is 13.5. The highest BCUT2D eigenvalue weighted by atomic mass is 32.2. The standard InChI is InChI=1S/C16H18F2N4O2S/c17-12-3-4-14(18)15(9-12)25(23,24)21-7-5-13(6-8-21)22-10-19-20-16(22)11-1-2-11/h3-4,9-11,13H,1-2,5-8H2. The summed E-state index contributed by atoms with van der Waals surface area (Å²) in [4.78, 5) is -0.603. The van der Waals surface area contributed by atoms with Crippen LogP contribution in [-0.2, 0) is 10.0 Å². The van der Waals surface area contributed by atoms with Crippen molar-refractivity contribution in [3.63, 3.8) is 0 Å². The Bertz CT molecular complexity index is 887. The molecule has 1 aromatic heterocycles. The molecule has 134 valence electrons. The van der Waals surface area contributed by atoms with E-state index in [1.54, 1.807) is 6.33 Å². The largest absolute Gasteiger partial charge is 0.314 e. The second kappa shape index (κ2) is 6.14. The Labute approximate surface area is 144 Å². The van der Waals surface area contributed by atoms with E-state index < -0.39 is 26.6 Å². The van der Waals surface area contributed by atoms with Gasteiger partial charge in [0, 0.05) is 25.0 Å². The second-order valence-electron chi connectivity index (χ2n) is 6.58. The molecule has 4 rings (SSSR count). The second-order valence-corrected chi connectivity index (χ2v) is 8.49. The van der Waals surface area contributed by atoms with Gasteiger partial charge in [0.05, 0.1) is 0 Å². The lowest BCUT2D eigenvalue weighted by Gasteiger charge is -2.32. The van der Waals surface area contributed by atoms with Crippen molar-refractivity contribution < 1.29 is 17.2 Å². The summed E-state index contributed by atoms with van der Waals surface area (Å²) in [5.74, 6) is -0.269. The van der Waals surface area contributed by atoms with Crippen molar-refractivity contribution in [1.82, 2.24) is 19.1 Å². The molecule has 1 aliphatic heterocycles. The Morgan fingerprint density at radius 2 is 1.80 bits per heavy atom. The predicted octanol–water partition coefficient (Wildman–Crippen LogP) is 2.46. The molecule has 1 saturated heterocycles. The van der Waals surface area contributed by atoms with Gasteiger partial charge in [0.25, 0.3) is 0 Å². The molecule has 0 bridgehead atoms. The first-order chi connectivity index (χ1) is 12.0. The topological polar surface area (TPSA) is 68.1 Å². The van der Waals surface area contributed by atoms with Gasteiger partial charge in [-0.2, -0.15) is 4.31 Å². The van der Waals surface area contributed by atoms with Crippen LogP contribution >= 0.6 is 0 Å². The molecule has 9 heteroatoms. The number of sulfonamides is 1. The van der Waals surface area contributed by atoms with Crippen LogP contribution in [0.3, 0.4) is 0 Å². The highest BCUT2D eigenvalue weighted by Crippen LogP contribution is 2.40. The average Bonchev–Trinajstić information content (AvgIpc) is 3.34. The molecule has 2 fully saturated rings. The fraction of sp³-hybridized carbons (Fsp3) is 0.500. The molecule has 2 aliphatic rings. The van der Waals surface area contributed by atoms with E-state index in [0.29, 0.717) is 18.8 Å². The number of benzene rings is 1. The minimum Gasteiger partial charge on any atom is -0.314 e. The molecule has 25 heavy (non-hydrogen) atoms. The Hall–Kier alpha value is -1.87. The first kappa shape index (κ1) is 16.6. The number of hydrogen-bond acceptors (Lipinski definition) is 4. The van der Waals surface area contributed by atoms with Crippen LogP contribution in [0.1, 0.15) is 43.5 Å². The van der Waals surface area contributed by atoms with Crippen molar-refractivity contribution in [2.24, 2.45) is 0 Å². The number of piperidine rings is 1.